The highest BCUT2D eigenvalue weighted by Crippen LogP contribution is 2.54. The third-order valence-corrected chi connectivity index (χ3v) is 13.5. The van der Waals surface area contributed by atoms with E-state index in [0.29, 0.717) is 23.0 Å². The van der Waals surface area contributed by atoms with Crippen LogP contribution in [-0.4, -0.2) is 15.0 Å². The van der Waals surface area contributed by atoms with Crippen LogP contribution in [0.4, 0.5) is 4.39 Å². The summed E-state index contributed by atoms with van der Waals surface area (Å²) >= 11 is 0. The number of hydrogen-bond acceptors (Lipinski definition) is 4. The van der Waals surface area contributed by atoms with E-state index in [2.05, 4.69) is 66.7 Å². The van der Waals surface area contributed by atoms with Crippen LogP contribution < -0.4 is 10.6 Å². The van der Waals surface area contributed by atoms with Crippen molar-refractivity contribution in [2.45, 2.75) is 19.8 Å². The van der Waals surface area contributed by atoms with E-state index in [4.69, 9.17) is 15.0 Å². The summed E-state index contributed by atoms with van der Waals surface area (Å²) in [5.41, 5.74) is 5.71. The summed E-state index contributed by atoms with van der Waals surface area (Å²) < 4.78 is 29.2. The Morgan fingerprint density at radius 3 is 1.56 bits per heavy atom. The molecule has 9 rings (SSSR count). The Morgan fingerprint density at radius 2 is 1.00 bits per heavy atom. The van der Waals surface area contributed by atoms with Gasteiger partial charge in [-0.1, -0.05) is 151 Å². The molecule has 0 saturated carbocycles. The average Bonchev–Trinajstić information content (AvgIpc) is 3.23. The van der Waals surface area contributed by atoms with E-state index in [1.54, 1.807) is 12.1 Å². The highest BCUT2D eigenvalue weighted by atomic mass is 31.2. The monoisotopic (exact) mass is 719 g/mol. The molecule has 0 fully saturated rings. The number of nitrogens with zero attached hydrogens (tertiary/aromatic N) is 3. The largest absolute Gasteiger partial charge is 0.309 e. The zero-order valence-corrected chi connectivity index (χ0v) is 30.5. The molecule has 0 radical (unpaired) electrons. The molecule has 0 spiro atoms. The number of aryl methyl sites for hydroxylation is 1. The van der Waals surface area contributed by atoms with E-state index in [0.717, 1.165) is 78.1 Å². The molecule has 0 bridgehead atoms. The second kappa shape index (κ2) is 13.9. The van der Waals surface area contributed by atoms with E-state index in [9.17, 15) is 4.39 Å². The Bertz CT molecular complexity index is 2670. The first-order valence-electron chi connectivity index (χ1n) is 18.1. The van der Waals surface area contributed by atoms with Crippen molar-refractivity contribution in [3.05, 3.63) is 187 Å². The SMILES string of the molecule is Cc1ccc(-c2nc(-c3ccc(F)cc3)nc(-c3c4ccccc4c(-c4ccc(P(=O)(C5=CC=CCC5)c5ccccc5)cc4)c4ccccc34)n2)cc1. The normalized spacial score (nSPS) is 13.9. The molecule has 1 unspecified atom stereocenters. The summed E-state index contributed by atoms with van der Waals surface area (Å²) in [4.78, 5) is 15.1. The van der Waals surface area contributed by atoms with E-state index in [1.807, 2.05) is 85.8 Å². The maximum atomic E-state index is 15.2. The van der Waals surface area contributed by atoms with Crippen LogP contribution in [0.3, 0.4) is 0 Å². The molecule has 54 heavy (non-hydrogen) atoms. The van der Waals surface area contributed by atoms with Crippen LogP contribution in [-0.2, 0) is 4.57 Å². The van der Waals surface area contributed by atoms with Crippen molar-refractivity contribution in [1.29, 1.82) is 0 Å². The van der Waals surface area contributed by atoms with E-state index < -0.39 is 7.14 Å². The molecule has 0 N–H and O–H groups in total. The topological polar surface area (TPSA) is 55.7 Å². The second-order valence-corrected chi connectivity index (χ2v) is 16.5. The molecule has 6 heteroatoms. The van der Waals surface area contributed by atoms with Gasteiger partial charge in [0.25, 0.3) is 0 Å². The van der Waals surface area contributed by atoms with Crippen LogP contribution >= 0.6 is 7.14 Å². The molecule has 8 aromatic rings. The third-order valence-electron chi connectivity index (χ3n) is 10.2. The molecule has 260 valence electrons. The van der Waals surface area contributed by atoms with Gasteiger partial charge in [0.05, 0.1) is 0 Å². The third kappa shape index (κ3) is 5.97. The lowest BCUT2D eigenvalue weighted by Crippen LogP contribution is -2.18. The minimum Gasteiger partial charge on any atom is -0.309 e. The fraction of sp³-hybridized carbons (Fsp3) is 0.0625. The lowest BCUT2D eigenvalue weighted by molar-refractivity contribution is 0.589. The van der Waals surface area contributed by atoms with Crippen LogP contribution in [0.1, 0.15) is 18.4 Å². The molecule has 1 aliphatic carbocycles. The van der Waals surface area contributed by atoms with Gasteiger partial charge < -0.3 is 4.57 Å². The van der Waals surface area contributed by atoms with Gasteiger partial charge in [0.1, 0.15) is 5.82 Å². The predicted molar refractivity (Wildman–Crippen MR) is 221 cm³/mol. The molecule has 0 aliphatic heterocycles. The van der Waals surface area contributed by atoms with Gasteiger partial charge in [0, 0.05) is 27.3 Å². The van der Waals surface area contributed by atoms with Crippen LogP contribution in [0, 0.1) is 12.7 Å². The number of hydrogen-bond donors (Lipinski definition) is 0. The number of halogens is 1. The Morgan fingerprint density at radius 1 is 0.519 bits per heavy atom. The van der Waals surface area contributed by atoms with Gasteiger partial charge in [0.2, 0.25) is 0 Å². The molecule has 4 nitrogen and oxygen atoms in total. The molecule has 1 aliphatic rings. The Labute approximate surface area is 313 Å². The zero-order chi connectivity index (χ0) is 36.6. The van der Waals surface area contributed by atoms with Crippen LogP contribution in [0.25, 0.3) is 66.8 Å². The quantitative estimate of drug-likeness (QED) is 0.122. The van der Waals surface area contributed by atoms with Crippen LogP contribution in [0.15, 0.2) is 175 Å². The minimum absolute atomic E-state index is 0.321. The molecular formula is C48H35FN3OP. The smallest absolute Gasteiger partial charge is 0.167 e. The molecular weight excluding hydrogens is 685 g/mol. The summed E-state index contributed by atoms with van der Waals surface area (Å²) in [6, 6.07) is 49.3. The molecule has 1 aromatic heterocycles. The first-order valence-corrected chi connectivity index (χ1v) is 19.8. The highest BCUT2D eigenvalue weighted by Gasteiger charge is 2.32. The number of fused-ring (bicyclic) bond motifs is 2. The van der Waals surface area contributed by atoms with Crippen molar-refractivity contribution in [3.8, 4) is 45.3 Å². The first-order chi connectivity index (χ1) is 26.5. The number of rotatable bonds is 7. The molecule has 1 atom stereocenters. The Kier molecular flexibility index (Phi) is 8.65. The van der Waals surface area contributed by atoms with E-state index >= 15 is 4.57 Å². The summed E-state index contributed by atoms with van der Waals surface area (Å²) in [5.74, 6) is 1.22. The summed E-state index contributed by atoms with van der Waals surface area (Å²) in [6.07, 6.45) is 7.85. The summed E-state index contributed by atoms with van der Waals surface area (Å²) in [5, 5.41) is 6.74. The van der Waals surface area contributed by atoms with Crippen molar-refractivity contribution in [2.75, 3.05) is 0 Å². The van der Waals surface area contributed by atoms with E-state index in [-0.39, 0.29) is 5.82 Å². The average molecular weight is 720 g/mol. The molecule has 1 heterocycles. The van der Waals surface area contributed by atoms with Crippen molar-refractivity contribution >= 4 is 39.3 Å². The lowest BCUT2D eigenvalue weighted by atomic mass is 9.88. The fourth-order valence-corrected chi connectivity index (χ4v) is 10.4. The zero-order valence-electron chi connectivity index (χ0n) is 29.7. The predicted octanol–water partition coefficient (Wildman–Crippen LogP) is 11.8. The highest BCUT2D eigenvalue weighted by molar-refractivity contribution is 7.82. The van der Waals surface area contributed by atoms with Gasteiger partial charge in [-0.3, -0.25) is 0 Å². The molecule has 7 aromatic carbocycles. The van der Waals surface area contributed by atoms with Gasteiger partial charge in [-0.2, -0.15) is 0 Å². The fourth-order valence-electron chi connectivity index (χ4n) is 7.54. The van der Waals surface area contributed by atoms with E-state index in [1.165, 1.54) is 12.1 Å². The standard InChI is InChI=1S/C48H35FN3OP/c1-32-20-22-34(23-21-32)46-50-47(35-24-28-36(49)29-25-35)52-48(51-46)45-42-18-10-8-16-40(42)44(41-17-9-11-19-43(41)45)33-26-30-39(31-27-33)54(53,37-12-4-2-5-13-37)38-14-6-3-7-15-38/h2-6,8-14,16-31H,7,15H2,1H3. The summed E-state index contributed by atoms with van der Waals surface area (Å²) in [7, 11) is -3.05. The van der Waals surface area contributed by atoms with Crippen LogP contribution in [0.5, 0.6) is 0 Å². The molecule has 0 saturated heterocycles. The minimum atomic E-state index is -3.05. The van der Waals surface area contributed by atoms with Gasteiger partial charge in [0.15, 0.2) is 24.6 Å². The van der Waals surface area contributed by atoms with Crippen LogP contribution in [0.2, 0.25) is 0 Å². The van der Waals surface area contributed by atoms with Gasteiger partial charge in [-0.25, -0.2) is 19.3 Å². The van der Waals surface area contributed by atoms with Crippen molar-refractivity contribution < 1.29 is 8.96 Å². The van der Waals surface area contributed by atoms with Gasteiger partial charge in [-0.05, 0) is 82.0 Å². The maximum absolute atomic E-state index is 15.2. The van der Waals surface area contributed by atoms with Crippen molar-refractivity contribution in [3.63, 3.8) is 0 Å². The van der Waals surface area contributed by atoms with Gasteiger partial charge >= 0.3 is 0 Å². The second-order valence-electron chi connectivity index (χ2n) is 13.6. The number of allylic oxidation sites excluding steroid dienone is 4. The number of benzene rings is 7. The van der Waals surface area contributed by atoms with Gasteiger partial charge in [-0.15, -0.1) is 0 Å². The first kappa shape index (κ1) is 33.5. The lowest BCUT2D eigenvalue weighted by Gasteiger charge is -2.24. The Balaban J connectivity index is 1.25. The number of aromatic nitrogens is 3. The maximum Gasteiger partial charge on any atom is 0.167 e. The Hall–Kier alpha value is -6.29. The summed E-state index contributed by atoms with van der Waals surface area (Å²) in [6.45, 7) is 2.05. The van der Waals surface area contributed by atoms with Crippen molar-refractivity contribution in [1.82, 2.24) is 15.0 Å². The van der Waals surface area contributed by atoms with Crippen molar-refractivity contribution in [2.24, 2.45) is 0 Å². The molecule has 0 amide bonds.